The Morgan fingerprint density at radius 3 is 3.13 bits per heavy atom. The fraction of sp³-hybridized carbons (Fsp3) is 0.538. The lowest BCUT2D eigenvalue weighted by atomic mass is 10.2. The minimum atomic E-state index is 0.764. The summed E-state index contributed by atoms with van der Waals surface area (Å²) in [4.78, 5) is 0. The standard InChI is InChI=1S/C13H19NS/c1-11-4-2-5-12(8-11)9-15-10-13-6-3-7-14-13/h2,4-5,8,13-14H,3,6-7,9-10H2,1H3/t13-/m1/s1. The molecule has 0 amide bonds. The van der Waals surface area contributed by atoms with Gasteiger partial charge in [0, 0.05) is 17.5 Å². The maximum atomic E-state index is 3.53. The topological polar surface area (TPSA) is 12.0 Å². The minimum absolute atomic E-state index is 0.764. The van der Waals surface area contributed by atoms with Gasteiger partial charge in [-0.2, -0.15) is 11.8 Å². The first-order valence-corrected chi connectivity index (χ1v) is 6.87. The SMILES string of the molecule is Cc1cccc(CSC[C@H]2CCCN2)c1. The second-order valence-corrected chi connectivity index (χ2v) is 5.33. The molecule has 1 saturated heterocycles. The molecule has 0 spiro atoms. The molecule has 0 unspecified atom stereocenters. The van der Waals surface area contributed by atoms with Gasteiger partial charge in [-0.1, -0.05) is 29.8 Å². The highest BCUT2D eigenvalue weighted by Gasteiger charge is 2.13. The van der Waals surface area contributed by atoms with Crippen molar-refractivity contribution >= 4 is 11.8 Å². The Kier molecular flexibility index (Phi) is 4.09. The Bertz CT molecular complexity index is 305. The number of hydrogen-bond acceptors (Lipinski definition) is 2. The van der Waals surface area contributed by atoms with Gasteiger partial charge in [-0.05, 0) is 31.9 Å². The number of thioether (sulfide) groups is 1. The van der Waals surface area contributed by atoms with E-state index in [0.29, 0.717) is 0 Å². The zero-order chi connectivity index (χ0) is 10.5. The van der Waals surface area contributed by atoms with Gasteiger partial charge in [0.2, 0.25) is 0 Å². The van der Waals surface area contributed by atoms with E-state index in [1.165, 1.54) is 36.3 Å². The Morgan fingerprint density at radius 2 is 2.40 bits per heavy atom. The Morgan fingerprint density at radius 1 is 1.47 bits per heavy atom. The molecule has 1 aliphatic rings. The lowest BCUT2D eigenvalue weighted by Gasteiger charge is -2.09. The van der Waals surface area contributed by atoms with E-state index < -0.39 is 0 Å². The number of rotatable bonds is 4. The molecule has 1 nitrogen and oxygen atoms in total. The molecule has 1 atom stereocenters. The molecule has 1 heterocycles. The summed E-state index contributed by atoms with van der Waals surface area (Å²) in [6.45, 7) is 3.38. The third-order valence-electron chi connectivity index (χ3n) is 2.83. The van der Waals surface area contributed by atoms with Crippen LogP contribution in [0.15, 0.2) is 24.3 Å². The first-order chi connectivity index (χ1) is 7.34. The van der Waals surface area contributed by atoms with Crippen LogP contribution < -0.4 is 5.32 Å². The van der Waals surface area contributed by atoms with Gasteiger partial charge in [0.15, 0.2) is 0 Å². The van der Waals surface area contributed by atoms with Gasteiger partial charge in [0.1, 0.15) is 0 Å². The molecule has 1 N–H and O–H groups in total. The fourth-order valence-electron chi connectivity index (χ4n) is 2.02. The molecule has 1 aliphatic heterocycles. The molecular weight excluding hydrogens is 202 g/mol. The normalized spacial score (nSPS) is 20.7. The third kappa shape index (κ3) is 3.54. The summed E-state index contributed by atoms with van der Waals surface area (Å²) in [5, 5.41) is 3.53. The molecule has 1 aromatic carbocycles. The Hall–Kier alpha value is -0.470. The second kappa shape index (κ2) is 5.57. The van der Waals surface area contributed by atoms with Crippen molar-refractivity contribution in [3.63, 3.8) is 0 Å². The molecule has 82 valence electrons. The van der Waals surface area contributed by atoms with Crippen molar-refractivity contribution in [3.8, 4) is 0 Å². The molecular formula is C13H19NS. The van der Waals surface area contributed by atoms with Crippen molar-refractivity contribution in [1.82, 2.24) is 5.32 Å². The first-order valence-electron chi connectivity index (χ1n) is 5.71. The molecule has 0 saturated carbocycles. The van der Waals surface area contributed by atoms with Crippen molar-refractivity contribution in [2.75, 3.05) is 12.3 Å². The average molecular weight is 221 g/mol. The Labute approximate surface area is 96.7 Å². The van der Waals surface area contributed by atoms with Crippen LogP contribution in [0.3, 0.4) is 0 Å². The van der Waals surface area contributed by atoms with E-state index in [0.717, 1.165) is 11.8 Å². The minimum Gasteiger partial charge on any atom is -0.313 e. The smallest absolute Gasteiger partial charge is 0.0185 e. The van der Waals surface area contributed by atoms with Crippen molar-refractivity contribution in [3.05, 3.63) is 35.4 Å². The predicted molar refractivity (Wildman–Crippen MR) is 68.4 cm³/mol. The highest BCUT2D eigenvalue weighted by molar-refractivity contribution is 7.98. The van der Waals surface area contributed by atoms with Gasteiger partial charge in [-0.3, -0.25) is 0 Å². The van der Waals surface area contributed by atoms with Gasteiger partial charge in [-0.25, -0.2) is 0 Å². The largest absolute Gasteiger partial charge is 0.313 e. The number of hydrogen-bond donors (Lipinski definition) is 1. The third-order valence-corrected chi connectivity index (χ3v) is 4.01. The Balaban J connectivity index is 1.73. The van der Waals surface area contributed by atoms with E-state index in [2.05, 4.69) is 36.5 Å². The van der Waals surface area contributed by atoms with E-state index in [1.54, 1.807) is 0 Å². The second-order valence-electron chi connectivity index (χ2n) is 4.30. The molecule has 15 heavy (non-hydrogen) atoms. The van der Waals surface area contributed by atoms with Crippen molar-refractivity contribution in [2.24, 2.45) is 0 Å². The number of aryl methyl sites for hydroxylation is 1. The molecule has 0 bridgehead atoms. The van der Waals surface area contributed by atoms with Crippen LogP contribution in [0.25, 0.3) is 0 Å². The van der Waals surface area contributed by atoms with E-state index in [-0.39, 0.29) is 0 Å². The van der Waals surface area contributed by atoms with Crippen LogP contribution >= 0.6 is 11.8 Å². The summed E-state index contributed by atoms with van der Waals surface area (Å²) in [7, 11) is 0. The quantitative estimate of drug-likeness (QED) is 0.839. The molecule has 0 aromatic heterocycles. The predicted octanol–water partition coefficient (Wildman–Crippen LogP) is 2.98. The van der Waals surface area contributed by atoms with Crippen molar-refractivity contribution in [2.45, 2.75) is 31.6 Å². The lowest BCUT2D eigenvalue weighted by Crippen LogP contribution is -2.23. The van der Waals surface area contributed by atoms with Crippen LogP contribution in [-0.2, 0) is 5.75 Å². The van der Waals surface area contributed by atoms with Crippen LogP contribution in [0.5, 0.6) is 0 Å². The van der Waals surface area contributed by atoms with Crippen LogP contribution in [-0.4, -0.2) is 18.3 Å². The highest BCUT2D eigenvalue weighted by atomic mass is 32.2. The van der Waals surface area contributed by atoms with Crippen LogP contribution in [0, 0.1) is 6.92 Å². The van der Waals surface area contributed by atoms with Gasteiger partial charge >= 0.3 is 0 Å². The fourth-order valence-corrected chi connectivity index (χ4v) is 3.12. The number of nitrogens with one attached hydrogen (secondary N) is 1. The summed E-state index contributed by atoms with van der Waals surface area (Å²) in [5.41, 5.74) is 2.82. The lowest BCUT2D eigenvalue weighted by molar-refractivity contribution is 0.674. The first kappa shape index (κ1) is 11.0. The summed E-state index contributed by atoms with van der Waals surface area (Å²) in [6.07, 6.45) is 2.72. The van der Waals surface area contributed by atoms with Crippen LogP contribution in [0.4, 0.5) is 0 Å². The molecule has 1 fully saturated rings. The van der Waals surface area contributed by atoms with Crippen LogP contribution in [0.2, 0.25) is 0 Å². The highest BCUT2D eigenvalue weighted by Crippen LogP contribution is 2.17. The zero-order valence-electron chi connectivity index (χ0n) is 9.33. The summed E-state index contributed by atoms with van der Waals surface area (Å²) >= 11 is 2.05. The van der Waals surface area contributed by atoms with E-state index in [4.69, 9.17) is 0 Å². The van der Waals surface area contributed by atoms with Crippen molar-refractivity contribution < 1.29 is 0 Å². The van der Waals surface area contributed by atoms with E-state index >= 15 is 0 Å². The number of benzene rings is 1. The average Bonchev–Trinajstić information content (AvgIpc) is 2.71. The summed E-state index contributed by atoms with van der Waals surface area (Å²) in [6, 6.07) is 9.59. The molecule has 0 radical (unpaired) electrons. The maximum Gasteiger partial charge on any atom is 0.0185 e. The molecule has 2 rings (SSSR count). The monoisotopic (exact) mass is 221 g/mol. The summed E-state index contributed by atoms with van der Waals surface area (Å²) < 4.78 is 0. The molecule has 0 aliphatic carbocycles. The van der Waals surface area contributed by atoms with Gasteiger partial charge in [0.25, 0.3) is 0 Å². The summed E-state index contributed by atoms with van der Waals surface area (Å²) in [5.74, 6) is 2.41. The van der Waals surface area contributed by atoms with Gasteiger partial charge < -0.3 is 5.32 Å². The maximum absolute atomic E-state index is 3.53. The van der Waals surface area contributed by atoms with Gasteiger partial charge in [0.05, 0.1) is 0 Å². The van der Waals surface area contributed by atoms with E-state index in [9.17, 15) is 0 Å². The van der Waals surface area contributed by atoms with Gasteiger partial charge in [-0.15, -0.1) is 0 Å². The van der Waals surface area contributed by atoms with E-state index in [1.807, 2.05) is 11.8 Å². The zero-order valence-corrected chi connectivity index (χ0v) is 10.1. The molecule has 2 heteroatoms. The van der Waals surface area contributed by atoms with Crippen LogP contribution in [0.1, 0.15) is 24.0 Å². The van der Waals surface area contributed by atoms with Crippen molar-refractivity contribution in [1.29, 1.82) is 0 Å². The molecule has 1 aromatic rings.